The summed E-state index contributed by atoms with van der Waals surface area (Å²) in [7, 11) is -1.94. The molecule has 25 heavy (non-hydrogen) atoms. The highest BCUT2D eigenvalue weighted by atomic mass is 28.4. The van der Waals surface area contributed by atoms with Gasteiger partial charge in [-0.1, -0.05) is 51.1 Å². The van der Waals surface area contributed by atoms with Crippen LogP contribution >= 0.6 is 0 Å². The smallest absolute Gasteiger partial charge is 0.429 e. The molecule has 1 heterocycles. The second kappa shape index (κ2) is 8.34. The number of benzene rings is 1. The van der Waals surface area contributed by atoms with Gasteiger partial charge >= 0.3 is 6.16 Å². The quantitative estimate of drug-likeness (QED) is 0.546. The second-order valence-electron chi connectivity index (χ2n) is 7.83. The fraction of sp³-hybridized carbons (Fsp3) is 0.632. The van der Waals surface area contributed by atoms with Crippen LogP contribution in [0.1, 0.15) is 34.1 Å². The van der Waals surface area contributed by atoms with Crippen molar-refractivity contribution in [1.82, 2.24) is 0 Å². The molecule has 5 nitrogen and oxygen atoms in total. The summed E-state index contributed by atoms with van der Waals surface area (Å²) >= 11 is 0. The summed E-state index contributed by atoms with van der Waals surface area (Å²) in [5.74, 6) is 0. The molecule has 1 aliphatic rings. The number of hydrogen-bond donors (Lipinski definition) is 0. The SMILES string of the molecule is [3H][C@H]1C[C@@H](OC(=O)OCc2ccccc2)[C@@H](CO[Si](C)(C)C(C)(C)C)O1. The summed E-state index contributed by atoms with van der Waals surface area (Å²) in [5, 5.41) is 0.0803. The van der Waals surface area contributed by atoms with Crippen molar-refractivity contribution in [3.63, 3.8) is 0 Å². The lowest BCUT2D eigenvalue weighted by atomic mass is 10.2. The summed E-state index contributed by atoms with van der Waals surface area (Å²) in [6.45, 7) is 10.6. The normalized spacial score (nSPS) is 24.7. The molecule has 0 saturated carbocycles. The molecular weight excluding hydrogens is 336 g/mol. The number of carbonyl (C=O) groups is 1. The fourth-order valence-corrected chi connectivity index (χ4v) is 3.18. The molecule has 0 aromatic heterocycles. The maximum Gasteiger partial charge on any atom is 0.508 e. The molecule has 1 saturated heterocycles. The van der Waals surface area contributed by atoms with Crippen LogP contribution in [0.5, 0.6) is 0 Å². The lowest BCUT2D eigenvalue weighted by molar-refractivity contribution is -0.0293. The van der Waals surface area contributed by atoms with Gasteiger partial charge in [-0.2, -0.15) is 0 Å². The van der Waals surface area contributed by atoms with Crippen molar-refractivity contribution in [2.45, 2.75) is 64.1 Å². The Bertz CT molecular complexity index is 587. The van der Waals surface area contributed by atoms with Crippen LogP contribution in [-0.4, -0.2) is 39.9 Å². The van der Waals surface area contributed by atoms with E-state index in [2.05, 4.69) is 33.9 Å². The van der Waals surface area contributed by atoms with E-state index in [1.54, 1.807) is 0 Å². The first kappa shape index (κ1) is 18.4. The van der Waals surface area contributed by atoms with E-state index in [0.717, 1.165) is 5.56 Å². The molecule has 140 valence electrons. The molecule has 6 heteroatoms. The predicted molar refractivity (Wildman–Crippen MR) is 99.0 cm³/mol. The molecule has 0 N–H and O–H groups in total. The van der Waals surface area contributed by atoms with Gasteiger partial charge in [0.1, 0.15) is 18.8 Å². The number of hydrogen-bond acceptors (Lipinski definition) is 5. The average molecular weight is 369 g/mol. The highest BCUT2D eigenvalue weighted by Crippen LogP contribution is 2.37. The van der Waals surface area contributed by atoms with Crippen molar-refractivity contribution < 1.29 is 24.8 Å². The van der Waals surface area contributed by atoms with Crippen molar-refractivity contribution in [2.24, 2.45) is 0 Å². The average Bonchev–Trinajstić information content (AvgIpc) is 2.90. The van der Waals surface area contributed by atoms with Crippen molar-refractivity contribution >= 4 is 14.5 Å². The van der Waals surface area contributed by atoms with Crippen molar-refractivity contribution in [1.29, 1.82) is 0 Å². The number of carbonyl (C=O) groups excluding carboxylic acids is 1. The molecule has 1 aliphatic heterocycles. The highest BCUT2D eigenvalue weighted by molar-refractivity contribution is 6.74. The zero-order chi connectivity index (χ0) is 19.4. The first-order chi connectivity index (χ1) is 12.1. The molecule has 1 aromatic carbocycles. The molecule has 1 fully saturated rings. The van der Waals surface area contributed by atoms with Crippen LogP contribution < -0.4 is 0 Å². The highest BCUT2D eigenvalue weighted by Gasteiger charge is 2.40. The maximum atomic E-state index is 12.0. The zero-order valence-electron chi connectivity index (χ0n) is 16.8. The molecule has 0 spiro atoms. The van der Waals surface area contributed by atoms with E-state index in [0.29, 0.717) is 13.0 Å². The van der Waals surface area contributed by atoms with Crippen LogP contribution in [0.2, 0.25) is 18.1 Å². The van der Waals surface area contributed by atoms with Crippen molar-refractivity contribution in [3.05, 3.63) is 35.9 Å². The van der Waals surface area contributed by atoms with Crippen LogP contribution in [0.3, 0.4) is 0 Å². The van der Waals surface area contributed by atoms with E-state index >= 15 is 0 Å². The number of ether oxygens (including phenoxy) is 3. The molecule has 0 aliphatic carbocycles. The van der Waals surface area contributed by atoms with E-state index < -0.39 is 33.3 Å². The second-order valence-corrected chi connectivity index (χ2v) is 12.6. The lowest BCUT2D eigenvalue weighted by Crippen LogP contribution is -2.44. The van der Waals surface area contributed by atoms with E-state index in [1.165, 1.54) is 0 Å². The minimum atomic E-state index is -1.94. The largest absolute Gasteiger partial charge is 0.508 e. The Morgan fingerprint density at radius 2 is 2.00 bits per heavy atom. The molecule has 1 aromatic rings. The topological polar surface area (TPSA) is 54.0 Å². The van der Waals surface area contributed by atoms with E-state index in [9.17, 15) is 4.79 Å². The van der Waals surface area contributed by atoms with E-state index in [1.807, 2.05) is 30.3 Å². The van der Waals surface area contributed by atoms with Crippen LogP contribution in [0, 0.1) is 0 Å². The standard InChI is InChI=1S/C19H30O5Si/c1-19(2,3)25(4,5)23-14-17-16(11-12-21-17)24-18(20)22-13-15-9-7-6-8-10-15/h6-10,16-17H,11-14H2,1-5H3/t16-,17-/m1/s1/i12T/t12-,16+,17+/m0. The van der Waals surface area contributed by atoms with E-state index in [4.69, 9.17) is 20.0 Å². The van der Waals surface area contributed by atoms with Gasteiger partial charge in [-0.3, -0.25) is 0 Å². The number of rotatable bonds is 6. The van der Waals surface area contributed by atoms with Crippen molar-refractivity contribution in [3.8, 4) is 0 Å². The zero-order valence-corrected chi connectivity index (χ0v) is 16.8. The molecule has 2 rings (SSSR count). The summed E-state index contributed by atoms with van der Waals surface area (Å²) in [5.41, 5.74) is 0.892. The molecular formula is C19H30O5Si. The Morgan fingerprint density at radius 3 is 2.64 bits per heavy atom. The van der Waals surface area contributed by atoms with Gasteiger partial charge in [0.2, 0.25) is 0 Å². The third-order valence-electron chi connectivity index (χ3n) is 4.88. The van der Waals surface area contributed by atoms with Gasteiger partial charge in [-0.05, 0) is 23.7 Å². The first-order valence-corrected chi connectivity index (χ1v) is 11.6. The fourth-order valence-electron chi connectivity index (χ4n) is 2.17. The predicted octanol–water partition coefficient (Wildman–Crippen LogP) is 4.52. The van der Waals surface area contributed by atoms with Gasteiger partial charge in [0.25, 0.3) is 0 Å². The summed E-state index contributed by atoms with van der Waals surface area (Å²) in [4.78, 5) is 12.0. The van der Waals surface area contributed by atoms with Crippen molar-refractivity contribution in [2.75, 3.05) is 13.2 Å². The molecule has 0 amide bonds. The molecule has 0 radical (unpaired) electrons. The summed E-state index contributed by atoms with van der Waals surface area (Å²) in [6.07, 6.45) is -1.37. The van der Waals surface area contributed by atoms with Gasteiger partial charge in [0.05, 0.1) is 14.6 Å². The van der Waals surface area contributed by atoms with Crippen LogP contribution in [0.15, 0.2) is 30.3 Å². The van der Waals surface area contributed by atoms with Gasteiger partial charge in [-0.15, -0.1) is 0 Å². The van der Waals surface area contributed by atoms with Gasteiger partial charge in [0.15, 0.2) is 8.32 Å². The summed E-state index contributed by atoms with van der Waals surface area (Å²) in [6, 6.07) is 9.42. The third-order valence-corrected chi connectivity index (χ3v) is 9.38. The first-order valence-electron chi connectivity index (χ1n) is 9.25. The van der Waals surface area contributed by atoms with Gasteiger partial charge < -0.3 is 18.6 Å². The molecule has 0 bridgehead atoms. The Morgan fingerprint density at radius 1 is 1.32 bits per heavy atom. The minimum Gasteiger partial charge on any atom is -0.429 e. The Kier molecular flexibility index (Phi) is 6.14. The van der Waals surface area contributed by atoms with Gasteiger partial charge in [-0.25, -0.2) is 4.79 Å². The molecule has 0 unspecified atom stereocenters. The maximum absolute atomic E-state index is 12.0. The van der Waals surface area contributed by atoms with Crippen LogP contribution in [0.25, 0.3) is 0 Å². The minimum absolute atomic E-state index is 0.0803. The Labute approximate surface area is 153 Å². The van der Waals surface area contributed by atoms with E-state index in [-0.39, 0.29) is 11.6 Å². The molecule has 3 atom stereocenters. The van der Waals surface area contributed by atoms with Gasteiger partial charge in [0, 0.05) is 6.42 Å². The van der Waals surface area contributed by atoms with Crippen LogP contribution in [0.4, 0.5) is 4.79 Å². The van der Waals surface area contributed by atoms with Crippen LogP contribution in [-0.2, 0) is 25.2 Å². The third kappa shape index (κ3) is 5.83. The Hall–Kier alpha value is -1.37. The lowest BCUT2D eigenvalue weighted by Gasteiger charge is -2.37. The monoisotopic (exact) mass is 368 g/mol. The Balaban J connectivity index is 1.85. The summed E-state index contributed by atoms with van der Waals surface area (Å²) < 4.78 is 30.1.